The number of non-ortho nitro benzene ring substituents is 1. The number of fused-ring (bicyclic) bond motifs is 2. The number of hydrogen-bond donors (Lipinski definition) is 0. The van der Waals surface area contributed by atoms with Crippen LogP contribution in [0, 0.1) is 34.1 Å². The van der Waals surface area contributed by atoms with E-state index in [0.717, 1.165) is 5.69 Å². The second-order valence-electron chi connectivity index (χ2n) is 9.39. The highest BCUT2D eigenvalue weighted by Gasteiger charge is 2.33. The Morgan fingerprint density at radius 1 is 1.15 bits per heavy atom. The number of aryl methyl sites for hydroxylation is 2. The molecule has 11 heteroatoms. The standard InChI is InChI=1S/C28H20BFN6O3/c1-16-4-3-5-22(34-16)39-21-11-10-19-20(25(21)30)12-13-29(14-31)27-24-23(19)26(35(2)28(24)33-15-32-27)17-6-8-18(9-7-17)36(37)38/h3-11,15H,12-13H2,1-2H3. The van der Waals surface area contributed by atoms with E-state index in [2.05, 4.69) is 20.9 Å². The summed E-state index contributed by atoms with van der Waals surface area (Å²) in [4.78, 5) is 24.1. The van der Waals surface area contributed by atoms with Crippen LogP contribution in [0.3, 0.4) is 0 Å². The minimum absolute atomic E-state index is 0.0366. The Kier molecular flexibility index (Phi) is 5.80. The van der Waals surface area contributed by atoms with Gasteiger partial charge < -0.3 is 9.30 Å². The van der Waals surface area contributed by atoms with Crippen LogP contribution in [0.5, 0.6) is 11.6 Å². The highest BCUT2D eigenvalue weighted by atomic mass is 19.1. The molecule has 2 aromatic carbocycles. The van der Waals surface area contributed by atoms with Gasteiger partial charge in [0.25, 0.3) is 5.69 Å². The Morgan fingerprint density at radius 2 is 1.95 bits per heavy atom. The Labute approximate surface area is 222 Å². The number of nitro groups is 1. The van der Waals surface area contributed by atoms with Crippen molar-refractivity contribution in [1.82, 2.24) is 19.5 Å². The van der Waals surface area contributed by atoms with Crippen molar-refractivity contribution in [2.75, 3.05) is 0 Å². The molecule has 1 aliphatic rings. The molecule has 190 valence electrons. The molecule has 0 saturated carbocycles. The fraction of sp³-hybridized carbons (Fsp3) is 0.143. The fourth-order valence-electron chi connectivity index (χ4n) is 5.28. The van der Waals surface area contributed by atoms with Crippen molar-refractivity contribution in [1.29, 1.82) is 5.26 Å². The van der Waals surface area contributed by atoms with Gasteiger partial charge in [0.2, 0.25) is 5.88 Å². The summed E-state index contributed by atoms with van der Waals surface area (Å²) >= 11 is 0. The lowest BCUT2D eigenvalue weighted by Gasteiger charge is -2.19. The molecule has 9 nitrogen and oxygen atoms in total. The summed E-state index contributed by atoms with van der Waals surface area (Å²) in [7, 11) is 1.83. The number of halogens is 1. The van der Waals surface area contributed by atoms with Crippen molar-refractivity contribution < 1.29 is 14.1 Å². The van der Waals surface area contributed by atoms with Crippen LogP contribution in [-0.2, 0) is 13.5 Å². The number of aromatic nitrogens is 4. The van der Waals surface area contributed by atoms with E-state index in [4.69, 9.17) is 4.74 Å². The van der Waals surface area contributed by atoms with Crippen molar-refractivity contribution in [2.45, 2.75) is 19.7 Å². The molecule has 4 heterocycles. The number of nitro benzene ring substituents is 1. The number of nitriles is 1. The molecule has 0 aliphatic carbocycles. The van der Waals surface area contributed by atoms with Crippen molar-refractivity contribution in [3.05, 3.63) is 88.1 Å². The summed E-state index contributed by atoms with van der Waals surface area (Å²) in [5.41, 5.74) is 4.95. The summed E-state index contributed by atoms with van der Waals surface area (Å²) in [6, 6.07) is 14.8. The zero-order valence-corrected chi connectivity index (χ0v) is 21.1. The predicted octanol–water partition coefficient (Wildman–Crippen LogP) is 5.17. The Balaban J connectivity index is 1.63. The molecular formula is C28H20BFN6O3. The molecule has 3 aromatic heterocycles. The lowest BCUT2D eigenvalue weighted by Crippen LogP contribution is -2.34. The van der Waals surface area contributed by atoms with E-state index in [0.29, 0.717) is 50.9 Å². The number of benzene rings is 2. The SMILES string of the molecule is Cc1cccc(Oc2ccc3c(c2F)CCB(C#N)c2ncnc4c2c-3c(-c2ccc([N+](=O)[O-])cc2)n4C)n1. The molecule has 0 N–H and O–H groups in total. The fourth-order valence-corrected chi connectivity index (χ4v) is 5.28. The third-order valence-corrected chi connectivity index (χ3v) is 7.07. The zero-order valence-electron chi connectivity index (χ0n) is 21.1. The van der Waals surface area contributed by atoms with E-state index >= 15 is 4.39 Å². The average Bonchev–Trinajstić information content (AvgIpc) is 3.22. The molecule has 0 bridgehead atoms. The molecule has 0 atom stereocenters. The average molecular weight is 518 g/mol. The van der Waals surface area contributed by atoms with Crippen LogP contribution in [0.25, 0.3) is 33.4 Å². The number of pyridine rings is 1. The Bertz CT molecular complexity index is 1830. The smallest absolute Gasteiger partial charge is 0.323 e. The highest BCUT2D eigenvalue weighted by molar-refractivity contribution is 6.81. The first kappa shape index (κ1) is 24.2. The predicted molar refractivity (Wildman–Crippen MR) is 145 cm³/mol. The van der Waals surface area contributed by atoms with E-state index in [1.807, 2.05) is 24.6 Å². The number of nitrogens with zero attached hydrogens (tertiary/aromatic N) is 6. The summed E-state index contributed by atoms with van der Waals surface area (Å²) < 4.78 is 23.9. The highest BCUT2D eigenvalue weighted by Crippen LogP contribution is 2.44. The molecular weight excluding hydrogens is 498 g/mol. The third-order valence-electron chi connectivity index (χ3n) is 7.07. The molecule has 0 saturated heterocycles. The maximum absolute atomic E-state index is 16.2. The second-order valence-corrected chi connectivity index (χ2v) is 9.39. The lowest BCUT2D eigenvalue weighted by atomic mass is 9.44. The van der Waals surface area contributed by atoms with Crippen LogP contribution >= 0.6 is 0 Å². The van der Waals surface area contributed by atoms with Gasteiger partial charge >= 0.3 is 6.71 Å². The normalized spacial score (nSPS) is 12.4. The quantitative estimate of drug-likeness (QED) is 0.183. The molecule has 5 aromatic rings. The Hall–Kier alpha value is -5.11. The van der Waals surface area contributed by atoms with Gasteiger partial charge in [0.05, 0.1) is 10.6 Å². The van der Waals surface area contributed by atoms with E-state index in [9.17, 15) is 15.4 Å². The van der Waals surface area contributed by atoms with Gasteiger partial charge in [-0.3, -0.25) is 10.1 Å². The summed E-state index contributed by atoms with van der Waals surface area (Å²) in [5.74, 6) is 2.12. The van der Waals surface area contributed by atoms with Crippen LogP contribution in [0.2, 0.25) is 6.32 Å². The van der Waals surface area contributed by atoms with Crippen LogP contribution in [0.15, 0.2) is 60.9 Å². The number of hydrogen-bond acceptors (Lipinski definition) is 7. The third kappa shape index (κ3) is 3.97. The first-order valence-corrected chi connectivity index (χ1v) is 12.3. The summed E-state index contributed by atoms with van der Waals surface area (Å²) in [5, 5.41) is 22.0. The number of ether oxygens (including phenoxy) is 1. The van der Waals surface area contributed by atoms with Crippen molar-refractivity contribution >= 4 is 29.0 Å². The van der Waals surface area contributed by atoms with Gasteiger partial charge in [-0.25, -0.2) is 24.6 Å². The van der Waals surface area contributed by atoms with Gasteiger partial charge in [0.15, 0.2) is 11.6 Å². The van der Waals surface area contributed by atoms with Crippen LogP contribution < -0.4 is 10.3 Å². The maximum Gasteiger partial charge on any atom is 0.323 e. The minimum atomic E-state index is -0.586. The molecule has 0 fully saturated rings. The number of rotatable bonds is 4. The monoisotopic (exact) mass is 518 g/mol. The molecule has 39 heavy (non-hydrogen) atoms. The van der Waals surface area contributed by atoms with E-state index in [1.54, 1.807) is 36.4 Å². The molecule has 0 unspecified atom stereocenters. The van der Waals surface area contributed by atoms with Gasteiger partial charge in [-0.15, -0.1) is 0 Å². The van der Waals surface area contributed by atoms with Crippen LogP contribution in [0.1, 0.15) is 11.3 Å². The summed E-state index contributed by atoms with van der Waals surface area (Å²) in [6.45, 7) is 1.24. The van der Waals surface area contributed by atoms with Crippen molar-refractivity contribution in [2.24, 2.45) is 7.05 Å². The van der Waals surface area contributed by atoms with Gasteiger partial charge in [-0.2, -0.15) is 0 Å². The molecule has 0 amide bonds. The zero-order chi connectivity index (χ0) is 27.3. The first-order chi connectivity index (χ1) is 18.9. The van der Waals surface area contributed by atoms with Crippen LogP contribution in [-0.4, -0.2) is 31.2 Å². The Morgan fingerprint density at radius 3 is 2.67 bits per heavy atom. The van der Waals surface area contributed by atoms with Gasteiger partial charge in [-0.1, -0.05) is 12.1 Å². The van der Waals surface area contributed by atoms with Gasteiger partial charge in [-0.05, 0) is 60.6 Å². The second kappa shape index (κ2) is 9.33. The largest absolute Gasteiger partial charge is 0.436 e. The molecule has 0 radical (unpaired) electrons. The van der Waals surface area contributed by atoms with Crippen molar-refractivity contribution in [3.8, 4) is 40.0 Å². The van der Waals surface area contributed by atoms with Crippen molar-refractivity contribution in [3.63, 3.8) is 0 Å². The van der Waals surface area contributed by atoms with E-state index < -0.39 is 17.5 Å². The molecule has 1 aliphatic heterocycles. The summed E-state index contributed by atoms with van der Waals surface area (Å²) in [6.07, 6.45) is 2.07. The van der Waals surface area contributed by atoms with E-state index in [1.165, 1.54) is 18.5 Å². The topological polar surface area (TPSA) is 120 Å². The lowest BCUT2D eigenvalue weighted by molar-refractivity contribution is -0.384. The molecule has 0 spiro atoms. The first-order valence-electron chi connectivity index (χ1n) is 12.3. The van der Waals surface area contributed by atoms with Crippen LogP contribution in [0.4, 0.5) is 10.1 Å². The van der Waals surface area contributed by atoms with E-state index in [-0.39, 0.29) is 23.7 Å². The van der Waals surface area contributed by atoms with Gasteiger partial charge in [0.1, 0.15) is 12.0 Å². The minimum Gasteiger partial charge on any atom is -0.436 e. The maximum atomic E-state index is 16.2. The molecule has 6 rings (SSSR count). The van der Waals surface area contributed by atoms with Gasteiger partial charge in [0, 0.05) is 53.5 Å².